The minimum Gasteiger partial charge on any atom is -0.493 e. The topological polar surface area (TPSA) is 64.3 Å². The molecule has 1 aromatic carbocycles. The third-order valence-corrected chi connectivity index (χ3v) is 3.70. The Bertz CT molecular complexity index is 499. The van der Waals surface area contributed by atoms with Crippen LogP contribution in [0, 0.1) is 6.92 Å². The molecule has 0 bridgehead atoms. The first kappa shape index (κ1) is 14.9. The number of carbonyl (C=O) groups excluding carboxylic acids is 1. The quantitative estimate of drug-likeness (QED) is 0.888. The van der Waals surface area contributed by atoms with Crippen LogP contribution in [0.25, 0.3) is 0 Å². The van der Waals surface area contributed by atoms with Gasteiger partial charge in [-0.3, -0.25) is 4.79 Å². The monoisotopic (exact) mass is 276 g/mol. The fraction of sp³-hybridized carbons (Fsp3) is 0.562. The highest BCUT2D eigenvalue weighted by molar-refractivity contribution is 5.73. The number of ether oxygens (including phenoxy) is 1. The van der Waals surface area contributed by atoms with Crippen LogP contribution in [0.3, 0.4) is 0 Å². The van der Waals surface area contributed by atoms with Crippen LogP contribution in [0.15, 0.2) is 12.1 Å². The largest absolute Gasteiger partial charge is 0.493 e. The van der Waals surface area contributed by atoms with Gasteiger partial charge in [0.05, 0.1) is 12.6 Å². The van der Waals surface area contributed by atoms with Crippen molar-refractivity contribution >= 4 is 5.91 Å². The smallest absolute Gasteiger partial charge is 0.217 e. The van der Waals surface area contributed by atoms with Crippen molar-refractivity contribution in [2.45, 2.75) is 52.1 Å². The van der Waals surface area contributed by atoms with Crippen LogP contribution in [-0.2, 0) is 4.79 Å². The summed E-state index contributed by atoms with van der Waals surface area (Å²) >= 11 is 0. The van der Waals surface area contributed by atoms with Crippen molar-refractivity contribution in [3.8, 4) is 5.75 Å². The van der Waals surface area contributed by atoms with Crippen molar-refractivity contribution in [3.63, 3.8) is 0 Å². The molecule has 2 rings (SSSR count). The highest BCUT2D eigenvalue weighted by atomic mass is 16.5. The number of benzene rings is 1. The van der Waals surface area contributed by atoms with Crippen LogP contribution < -0.4 is 15.8 Å². The van der Waals surface area contributed by atoms with Gasteiger partial charge >= 0.3 is 0 Å². The highest BCUT2D eigenvalue weighted by Crippen LogP contribution is 2.39. The SMILES string of the molecule is CCCC(N)c1cc(C)cc2c1OCCC2NC(C)=O. The summed E-state index contributed by atoms with van der Waals surface area (Å²) in [7, 11) is 0. The molecule has 0 saturated heterocycles. The number of carbonyl (C=O) groups is 1. The minimum atomic E-state index is -0.0104. The predicted molar refractivity (Wildman–Crippen MR) is 79.7 cm³/mol. The van der Waals surface area contributed by atoms with Crippen molar-refractivity contribution in [2.24, 2.45) is 5.73 Å². The number of aryl methyl sites for hydroxylation is 1. The molecule has 1 aliphatic heterocycles. The molecule has 1 heterocycles. The van der Waals surface area contributed by atoms with Gasteiger partial charge < -0.3 is 15.8 Å². The van der Waals surface area contributed by atoms with Gasteiger partial charge in [-0.1, -0.05) is 31.0 Å². The van der Waals surface area contributed by atoms with Crippen molar-refractivity contribution in [1.29, 1.82) is 0 Å². The molecule has 110 valence electrons. The van der Waals surface area contributed by atoms with Crippen LogP contribution >= 0.6 is 0 Å². The molecular formula is C16H24N2O2. The molecule has 4 heteroatoms. The zero-order valence-electron chi connectivity index (χ0n) is 12.5. The average Bonchev–Trinajstić information content (AvgIpc) is 2.38. The molecule has 0 aliphatic carbocycles. The van der Waals surface area contributed by atoms with E-state index in [4.69, 9.17) is 10.5 Å². The molecule has 0 aromatic heterocycles. The second kappa shape index (κ2) is 6.27. The van der Waals surface area contributed by atoms with Crippen LogP contribution in [-0.4, -0.2) is 12.5 Å². The summed E-state index contributed by atoms with van der Waals surface area (Å²) in [6.07, 6.45) is 2.78. The van der Waals surface area contributed by atoms with Crippen LogP contribution in [0.4, 0.5) is 0 Å². The summed E-state index contributed by atoms with van der Waals surface area (Å²) in [5.74, 6) is 0.866. The Hall–Kier alpha value is -1.55. The van der Waals surface area contributed by atoms with E-state index in [1.165, 1.54) is 0 Å². The molecule has 1 aliphatic rings. The normalized spacial score (nSPS) is 18.9. The summed E-state index contributed by atoms with van der Waals surface area (Å²) in [6.45, 7) is 6.35. The van der Waals surface area contributed by atoms with Crippen molar-refractivity contribution in [3.05, 3.63) is 28.8 Å². The van der Waals surface area contributed by atoms with E-state index in [9.17, 15) is 4.79 Å². The predicted octanol–water partition coefficient (Wildman–Crippen LogP) is 2.75. The molecule has 1 amide bonds. The van der Waals surface area contributed by atoms with Gasteiger partial charge in [-0.15, -0.1) is 0 Å². The second-order valence-corrected chi connectivity index (χ2v) is 5.56. The third kappa shape index (κ3) is 3.12. The molecule has 2 unspecified atom stereocenters. The lowest BCUT2D eigenvalue weighted by Gasteiger charge is -2.30. The highest BCUT2D eigenvalue weighted by Gasteiger charge is 2.26. The molecule has 2 atom stereocenters. The molecule has 3 N–H and O–H groups in total. The first-order chi connectivity index (χ1) is 9.52. The number of hydrogen-bond donors (Lipinski definition) is 2. The van der Waals surface area contributed by atoms with Gasteiger partial charge in [0.15, 0.2) is 0 Å². The van der Waals surface area contributed by atoms with Crippen LogP contribution in [0.5, 0.6) is 5.75 Å². The lowest BCUT2D eigenvalue weighted by atomic mass is 9.91. The lowest BCUT2D eigenvalue weighted by Crippen LogP contribution is -2.31. The summed E-state index contributed by atoms with van der Waals surface area (Å²) in [5.41, 5.74) is 9.57. The Labute approximate surface area is 120 Å². The van der Waals surface area contributed by atoms with Gasteiger partial charge in [-0.05, 0) is 13.3 Å². The van der Waals surface area contributed by atoms with Crippen molar-refractivity contribution < 1.29 is 9.53 Å². The van der Waals surface area contributed by atoms with Crippen LogP contribution in [0.2, 0.25) is 0 Å². The van der Waals surface area contributed by atoms with Gasteiger partial charge in [0, 0.05) is 30.5 Å². The Morgan fingerprint density at radius 1 is 1.55 bits per heavy atom. The molecule has 0 spiro atoms. The van der Waals surface area contributed by atoms with Gasteiger partial charge in [0.25, 0.3) is 0 Å². The fourth-order valence-corrected chi connectivity index (χ4v) is 2.83. The minimum absolute atomic E-state index is 0.00951. The van der Waals surface area contributed by atoms with E-state index in [0.29, 0.717) is 6.61 Å². The van der Waals surface area contributed by atoms with E-state index in [2.05, 4.69) is 31.3 Å². The standard InChI is InChI=1S/C16H24N2O2/c1-4-5-14(17)12-8-10(2)9-13-15(18-11(3)19)6-7-20-16(12)13/h8-9,14-15H,4-7,17H2,1-3H3,(H,18,19). The molecular weight excluding hydrogens is 252 g/mol. The zero-order chi connectivity index (χ0) is 14.7. The molecule has 0 saturated carbocycles. The maximum Gasteiger partial charge on any atom is 0.217 e. The molecule has 4 nitrogen and oxygen atoms in total. The number of hydrogen-bond acceptors (Lipinski definition) is 3. The van der Waals surface area contributed by atoms with Crippen LogP contribution in [0.1, 0.15) is 61.9 Å². The Balaban J connectivity index is 2.41. The van der Waals surface area contributed by atoms with Crippen molar-refractivity contribution in [2.75, 3.05) is 6.61 Å². The average molecular weight is 276 g/mol. The second-order valence-electron chi connectivity index (χ2n) is 5.56. The first-order valence-corrected chi connectivity index (χ1v) is 7.32. The maximum absolute atomic E-state index is 11.4. The van der Waals surface area contributed by atoms with E-state index >= 15 is 0 Å². The van der Waals surface area contributed by atoms with E-state index in [-0.39, 0.29) is 18.0 Å². The van der Waals surface area contributed by atoms with E-state index in [1.54, 1.807) is 6.92 Å². The van der Waals surface area contributed by atoms with E-state index in [0.717, 1.165) is 41.7 Å². The number of rotatable bonds is 4. The van der Waals surface area contributed by atoms with Gasteiger partial charge in [-0.2, -0.15) is 0 Å². The lowest BCUT2D eigenvalue weighted by molar-refractivity contribution is -0.119. The van der Waals surface area contributed by atoms with Gasteiger partial charge in [0.1, 0.15) is 5.75 Å². The summed E-state index contributed by atoms with van der Waals surface area (Å²) in [5, 5.41) is 3.00. The summed E-state index contributed by atoms with van der Waals surface area (Å²) in [6, 6.07) is 4.22. The Kier molecular flexibility index (Phi) is 4.65. The summed E-state index contributed by atoms with van der Waals surface area (Å²) in [4.78, 5) is 11.4. The van der Waals surface area contributed by atoms with E-state index < -0.39 is 0 Å². The summed E-state index contributed by atoms with van der Waals surface area (Å²) < 4.78 is 5.86. The Morgan fingerprint density at radius 3 is 2.95 bits per heavy atom. The molecule has 0 fully saturated rings. The first-order valence-electron chi connectivity index (χ1n) is 7.32. The Morgan fingerprint density at radius 2 is 2.30 bits per heavy atom. The maximum atomic E-state index is 11.4. The molecule has 0 radical (unpaired) electrons. The van der Waals surface area contributed by atoms with E-state index in [1.807, 2.05) is 0 Å². The van der Waals surface area contributed by atoms with Crippen molar-refractivity contribution in [1.82, 2.24) is 5.32 Å². The van der Waals surface area contributed by atoms with Gasteiger partial charge in [0.2, 0.25) is 5.91 Å². The zero-order valence-corrected chi connectivity index (χ0v) is 12.5. The van der Waals surface area contributed by atoms with Gasteiger partial charge in [-0.25, -0.2) is 0 Å². The fourth-order valence-electron chi connectivity index (χ4n) is 2.83. The number of nitrogens with one attached hydrogen (secondary N) is 1. The molecule has 1 aromatic rings. The number of amides is 1. The number of nitrogens with two attached hydrogens (primary N) is 1. The molecule has 20 heavy (non-hydrogen) atoms. The third-order valence-electron chi connectivity index (χ3n) is 3.70. The number of fused-ring (bicyclic) bond motifs is 1.